The van der Waals surface area contributed by atoms with Gasteiger partial charge in [-0.05, 0) is 13.8 Å². The number of hydrogen-bond donors (Lipinski definition) is 0. The first kappa shape index (κ1) is 19.9. The molecule has 0 fully saturated rings. The number of hydrogen-bond acceptors (Lipinski definition) is 5. The van der Waals surface area contributed by atoms with Crippen molar-refractivity contribution in [2.45, 2.75) is 19.9 Å². The van der Waals surface area contributed by atoms with Gasteiger partial charge in [0.25, 0.3) is 0 Å². The molecule has 4 nitrogen and oxygen atoms in total. The van der Waals surface area contributed by atoms with Crippen LogP contribution in [0.15, 0.2) is 11.5 Å². The Labute approximate surface area is 149 Å². The second-order valence-electron chi connectivity index (χ2n) is 3.15. The maximum absolute atomic E-state index is 10.2. The fourth-order valence-corrected chi connectivity index (χ4v) is 2.21. The summed E-state index contributed by atoms with van der Waals surface area (Å²) in [6, 6.07) is 0.303. The van der Waals surface area contributed by atoms with Crippen LogP contribution >= 0.6 is 24.0 Å². The van der Waals surface area contributed by atoms with Crippen LogP contribution in [0, 0.1) is 0 Å². The summed E-state index contributed by atoms with van der Waals surface area (Å²) in [5.41, 5.74) is 0. The largest absolute Gasteiger partial charge is 1.00 e. The molecule has 0 aliphatic rings. The third-order valence-corrected chi connectivity index (χ3v) is 3.69. The van der Waals surface area contributed by atoms with Crippen LogP contribution in [-0.2, 0) is 10.1 Å². The van der Waals surface area contributed by atoms with Gasteiger partial charge in [0.15, 0.2) is 0 Å². The molecule has 0 aliphatic heterocycles. The fraction of sp³-hybridized carbons (Fsp3) is 0.625. The molecule has 16 heavy (non-hydrogen) atoms. The van der Waals surface area contributed by atoms with E-state index < -0.39 is 10.1 Å². The summed E-state index contributed by atoms with van der Waals surface area (Å²) in [7, 11) is -2.39. The Morgan fingerprint density at radius 2 is 2.06 bits per heavy atom. The molecule has 0 aromatic carbocycles. The molecule has 0 aromatic heterocycles. The molecule has 0 spiro atoms. The molecule has 0 heterocycles. The minimum Gasteiger partial charge on any atom is -0.744 e. The van der Waals surface area contributed by atoms with Gasteiger partial charge in [-0.3, -0.25) is 0 Å². The monoisotopic (exact) mass is 307 g/mol. The van der Waals surface area contributed by atoms with Gasteiger partial charge < -0.3 is 9.45 Å². The Balaban J connectivity index is 0. The van der Waals surface area contributed by atoms with E-state index in [2.05, 4.69) is 0 Å². The van der Waals surface area contributed by atoms with E-state index in [-0.39, 0.29) is 51.4 Å². The van der Waals surface area contributed by atoms with Crippen LogP contribution < -0.4 is 51.4 Å². The van der Waals surface area contributed by atoms with Crippen LogP contribution in [0.25, 0.3) is 0 Å². The van der Waals surface area contributed by atoms with Crippen molar-refractivity contribution in [1.29, 1.82) is 0 Å². The van der Waals surface area contributed by atoms with Crippen molar-refractivity contribution in [2.24, 2.45) is 0 Å². The topological polar surface area (TPSA) is 60.4 Å². The first-order valence-electron chi connectivity index (χ1n) is 4.26. The van der Waals surface area contributed by atoms with E-state index in [4.69, 9.17) is 12.2 Å². The molecule has 0 saturated heterocycles. The van der Waals surface area contributed by atoms with Gasteiger partial charge in [-0.15, -0.1) is 0 Å². The first-order valence-corrected chi connectivity index (χ1v) is 7.12. The van der Waals surface area contributed by atoms with E-state index in [1.807, 2.05) is 25.8 Å². The van der Waals surface area contributed by atoms with Crippen molar-refractivity contribution in [3.05, 3.63) is 11.5 Å². The second kappa shape index (κ2) is 9.46. The number of thioether (sulfide) groups is 1. The third kappa shape index (κ3) is 10.7. The number of rotatable bonds is 4. The quantitative estimate of drug-likeness (QED) is 0.354. The summed E-state index contributed by atoms with van der Waals surface area (Å²) in [5, 5.41) is 0.651. The molecular formula is C8H14KNO3S3. The van der Waals surface area contributed by atoms with Crippen molar-refractivity contribution < 1.29 is 64.4 Å². The molecule has 8 heteroatoms. The normalized spacial score (nSPS) is 11.6. The van der Waals surface area contributed by atoms with E-state index in [1.54, 1.807) is 0 Å². The predicted molar refractivity (Wildman–Crippen MR) is 66.8 cm³/mol. The Morgan fingerprint density at radius 3 is 2.44 bits per heavy atom. The van der Waals surface area contributed by atoms with Gasteiger partial charge in [0.1, 0.15) is 14.4 Å². The van der Waals surface area contributed by atoms with Crippen LogP contribution in [0.4, 0.5) is 0 Å². The molecule has 0 saturated carbocycles. The Hall–Kier alpha value is 1.53. The Kier molecular flexibility index (Phi) is 11.7. The second-order valence-corrected chi connectivity index (χ2v) is 6.06. The van der Waals surface area contributed by atoms with Crippen LogP contribution in [0.3, 0.4) is 0 Å². The summed E-state index contributed by atoms with van der Waals surface area (Å²) in [6.45, 7) is 4.01. The molecular weight excluding hydrogens is 293 g/mol. The molecule has 0 N–H and O–H groups in total. The van der Waals surface area contributed by atoms with Gasteiger partial charge in [0.2, 0.25) is 0 Å². The minimum atomic E-state index is -4.26. The Bertz CT molecular complexity index is 340. The van der Waals surface area contributed by atoms with E-state index in [0.29, 0.717) is 21.5 Å². The summed E-state index contributed by atoms with van der Waals surface area (Å²) >= 11 is 6.41. The molecule has 0 rings (SSSR count). The molecule has 0 bridgehead atoms. The first-order chi connectivity index (χ1) is 6.74. The van der Waals surface area contributed by atoms with Crippen molar-refractivity contribution in [2.75, 3.05) is 12.8 Å². The number of nitrogens with zero attached hydrogens (tertiary/aromatic N) is 1. The summed E-state index contributed by atoms with van der Waals surface area (Å²) < 4.78 is 31.3. The SMILES string of the molecule is CC(C)N(C)C(=S)SC/C=C\S(=O)(=O)[O-].[K+]. The van der Waals surface area contributed by atoms with Gasteiger partial charge in [-0.1, -0.05) is 30.1 Å². The van der Waals surface area contributed by atoms with Gasteiger partial charge in [-0.25, -0.2) is 8.42 Å². The van der Waals surface area contributed by atoms with Crippen LogP contribution in [-0.4, -0.2) is 41.0 Å². The molecule has 0 aliphatic carbocycles. The molecule has 88 valence electrons. The summed E-state index contributed by atoms with van der Waals surface area (Å²) in [6.07, 6.45) is 1.30. The summed E-state index contributed by atoms with van der Waals surface area (Å²) in [5.74, 6) is 0.386. The van der Waals surface area contributed by atoms with Gasteiger partial charge in [-0.2, -0.15) is 0 Å². The summed E-state index contributed by atoms with van der Waals surface area (Å²) in [4.78, 5) is 1.90. The standard InChI is InChI=1S/C8H15NO3S3.K/c1-7(2)9(3)8(13)14-5-4-6-15(10,11)12;/h4,6-7H,5H2,1-3H3,(H,10,11,12);/q;+1/p-1/b6-4-;. The van der Waals surface area contributed by atoms with Crippen molar-refractivity contribution in [3.63, 3.8) is 0 Å². The predicted octanol–water partition coefficient (Wildman–Crippen LogP) is -1.59. The number of thiocarbonyl (C=S) groups is 1. The van der Waals surface area contributed by atoms with E-state index in [0.717, 1.165) is 0 Å². The van der Waals surface area contributed by atoms with Gasteiger partial charge in [0.05, 0.1) is 0 Å². The average molecular weight is 308 g/mol. The zero-order valence-electron chi connectivity index (χ0n) is 9.84. The van der Waals surface area contributed by atoms with Crippen molar-refractivity contribution in [3.8, 4) is 0 Å². The minimum absolute atomic E-state index is 0. The van der Waals surface area contributed by atoms with Crippen LogP contribution in [0.1, 0.15) is 13.8 Å². The molecule has 0 unspecified atom stereocenters. The maximum atomic E-state index is 10.2. The Morgan fingerprint density at radius 1 is 1.56 bits per heavy atom. The van der Waals surface area contributed by atoms with E-state index >= 15 is 0 Å². The molecule has 0 amide bonds. The zero-order chi connectivity index (χ0) is 12.1. The van der Waals surface area contributed by atoms with Crippen molar-refractivity contribution >= 4 is 38.4 Å². The maximum Gasteiger partial charge on any atom is 1.00 e. The van der Waals surface area contributed by atoms with Crippen LogP contribution in [0.2, 0.25) is 0 Å². The fourth-order valence-electron chi connectivity index (χ4n) is 0.589. The zero-order valence-corrected chi connectivity index (χ0v) is 15.4. The van der Waals surface area contributed by atoms with Crippen molar-refractivity contribution in [1.82, 2.24) is 4.90 Å². The molecule has 0 aromatic rings. The smallest absolute Gasteiger partial charge is 0.744 e. The van der Waals surface area contributed by atoms with Gasteiger partial charge >= 0.3 is 51.4 Å². The van der Waals surface area contributed by atoms with Gasteiger partial charge in [0, 0.05) is 24.3 Å². The molecule has 0 atom stereocenters. The van der Waals surface area contributed by atoms with E-state index in [1.165, 1.54) is 17.8 Å². The third-order valence-electron chi connectivity index (χ3n) is 1.63. The van der Waals surface area contributed by atoms with E-state index in [9.17, 15) is 13.0 Å². The van der Waals surface area contributed by atoms with Crippen LogP contribution in [0.5, 0.6) is 0 Å². The molecule has 0 radical (unpaired) electrons. The average Bonchev–Trinajstić information content (AvgIpc) is 2.09.